The van der Waals surface area contributed by atoms with Crippen molar-refractivity contribution in [2.24, 2.45) is 0 Å². The van der Waals surface area contributed by atoms with E-state index in [-0.39, 0.29) is 17.7 Å². The lowest BCUT2D eigenvalue weighted by Crippen LogP contribution is -2.50. The molecular weight excluding hydrogens is 280 g/mol. The lowest BCUT2D eigenvalue weighted by Gasteiger charge is -2.23. The van der Waals surface area contributed by atoms with Crippen LogP contribution in [-0.2, 0) is 22.6 Å². The molecule has 5 nitrogen and oxygen atoms in total. The Morgan fingerprint density at radius 1 is 1.36 bits per heavy atom. The van der Waals surface area contributed by atoms with Gasteiger partial charge >= 0.3 is 6.03 Å². The molecule has 1 aromatic carbocycles. The van der Waals surface area contributed by atoms with Crippen molar-refractivity contribution in [2.45, 2.75) is 52.0 Å². The van der Waals surface area contributed by atoms with Crippen LogP contribution in [0.5, 0.6) is 0 Å². The summed E-state index contributed by atoms with van der Waals surface area (Å²) in [5.74, 6) is 0. The van der Waals surface area contributed by atoms with E-state index in [4.69, 9.17) is 9.47 Å². The minimum absolute atomic E-state index is 0.160. The number of urea groups is 1. The van der Waals surface area contributed by atoms with E-state index < -0.39 is 0 Å². The summed E-state index contributed by atoms with van der Waals surface area (Å²) < 4.78 is 11.0. The molecule has 122 valence electrons. The number of carbonyl (C=O) groups is 1. The third kappa shape index (κ3) is 5.00. The van der Waals surface area contributed by atoms with Crippen LogP contribution in [0.1, 0.15) is 38.3 Å². The second-order valence-electron chi connectivity index (χ2n) is 6.30. The van der Waals surface area contributed by atoms with E-state index in [1.165, 1.54) is 0 Å². The van der Waals surface area contributed by atoms with E-state index in [0.717, 1.165) is 17.5 Å². The lowest BCUT2D eigenvalue weighted by molar-refractivity contribution is 0.0652. The lowest BCUT2D eigenvalue weighted by atomic mass is 10.0. The topological polar surface area (TPSA) is 59.6 Å². The molecule has 1 aromatic rings. The summed E-state index contributed by atoms with van der Waals surface area (Å²) in [4.78, 5) is 12.0. The van der Waals surface area contributed by atoms with Crippen LogP contribution in [0.3, 0.4) is 0 Å². The van der Waals surface area contributed by atoms with Gasteiger partial charge in [-0.25, -0.2) is 4.79 Å². The zero-order valence-electron chi connectivity index (χ0n) is 13.6. The first-order valence-electron chi connectivity index (χ1n) is 7.81. The molecule has 0 bridgehead atoms. The molecule has 0 aromatic heterocycles. The standard InChI is InChI=1S/C17H26N2O3/c1-13(2)22-11-15-7-5-4-6-14(15)10-18-16(20)19-17(3)8-9-21-12-17/h4-7,13H,8-12H2,1-3H3,(H2,18,19,20). The Morgan fingerprint density at radius 2 is 2.09 bits per heavy atom. The maximum absolute atomic E-state index is 12.0. The van der Waals surface area contributed by atoms with Gasteiger partial charge in [0.1, 0.15) is 0 Å². The van der Waals surface area contributed by atoms with E-state index in [1.807, 2.05) is 45.0 Å². The van der Waals surface area contributed by atoms with E-state index >= 15 is 0 Å². The van der Waals surface area contributed by atoms with Gasteiger partial charge in [-0.1, -0.05) is 24.3 Å². The molecule has 1 aliphatic rings. The van der Waals surface area contributed by atoms with Crippen LogP contribution in [0.25, 0.3) is 0 Å². The number of carbonyl (C=O) groups excluding carboxylic acids is 1. The van der Waals surface area contributed by atoms with E-state index in [2.05, 4.69) is 10.6 Å². The number of ether oxygens (including phenoxy) is 2. The van der Waals surface area contributed by atoms with E-state index in [1.54, 1.807) is 0 Å². The first-order valence-corrected chi connectivity index (χ1v) is 7.81. The first-order chi connectivity index (χ1) is 10.5. The quantitative estimate of drug-likeness (QED) is 0.849. The maximum Gasteiger partial charge on any atom is 0.315 e. The zero-order valence-corrected chi connectivity index (χ0v) is 13.6. The van der Waals surface area contributed by atoms with Crippen LogP contribution in [0.15, 0.2) is 24.3 Å². The fraction of sp³-hybridized carbons (Fsp3) is 0.588. The first kappa shape index (κ1) is 16.8. The predicted octanol–water partition coefficient (Wildman–Crippen LogP) is 2.59. The summed E-state index contributed by atoms with van der Waals surface area (Å²) in [6.45, 7) is 8.34. The fourth-order valence-corrected chi connectivity index (χ4v) is 2.39. The Bertz CT molecular complexity index is 496. The number of hydrogen-bond donors (Lipinski definition) is 2. The SMILES string of the molecule is CC(C)OCc1ccccc1CNC(=O)NC1(C)CCOC1. The highest BCUT2D eigenvalue weighted by atomic mass is 16.5. The Labute approximate surface area is 132 Å². The summed E-state index contributed by atoms with van der Waals surface area (Å²) >= 11 is 0. The summed E-state index contributed by atoms with van der Waals surface area (Å²) in [6, 6.07) is 7.84. The van der Waals surface area contributed by atoms with Gasteiger partial charge in [-0.2, -0.15) is 0 Å². The molecule has 2 rings (SSSR count). The summed E-state index contributed by atoms with van der Waals surface area (Å²) in [6.07, 6.45) is 1.03. The minimum atomic E-state index is -0.260. The van der Waals surface area contributed by atoms with Crippen LogP contribution < -0.4 is 10.6 Å². The predicted molar refractivity (Wildman–Crippen MR) is 85.6 cm³/mol. The highest BCUT2D eigenvalue weighted by Gasteiger charge is 2.31. The smallest absolute Gasteiger partial charge is 0.315 e. The van der Waals surface area contributed by atoms with Gasteiger partial charge < -0.3 is 20.1 Å². The van der Waals surface area contributed by atoms with Gasteiger partial charge in [-0.05, 0) is 38.3 Å². The molecule has 0 saturated carbocycles. The van der Waals surface area contributed by atoms with Crippen molar-refractivity contribution in [3.8, 4) is 0 Å². The molecule has 5 heteroatoms. The van der Waals surface area contributed by atoms with E-state index in [0.29, 0.717) is 26.4 Å². The second-order valence-corrected chi connectivity index (χ2v) is 6.30. The molecule has 1 fully saturated rings. The highest BCUT2D eigenvalue weighted by Crippen LogP contribution is 2.17. The Morgan fingerprint density at radius 3 is 2.73 bits per heavy atom. The molecule has 2 N–H and O–H groups in total. The van der Waals surface area contributed by atoms with Crippen molar-refractivity contribution in [1.82, 2.24) is 10.6 Å². The second kappa shape index (κ2) is 7.61. The molecule has 0 spiro atoms. The van der Waals surface area contributed by atoms with Gasteiger partial charge in [0.2, 0.25) is 0 Å². The van der Waals surface area contributed by atoms with Crippen LogP contribution in [0.2, 0.25) is 0 Å². The van der Waals surface area contributed by atoms with Gasteiger partial charge in [0.05, 0.1) is 24.9 Å². The van der Waals surface area contributed by atoms with Gasteiger partial charge in [0.25, 0.3) is 0 Å². The zero-order chi connectivity index (χ0) is 16.0. The Balaban J connectivity index is 1.86. The molecule has 1 aliphatic heterocycles. The normalized spacial score (nSPS) is 21.1. The van der Waals surface area contributed by atoms with Crippen molar-refractivity contribution in [3.63, 3.8) is 0 Å². The number of hydrogen-bond acceptors (Lipinski definition) is 3. The van der Waals surface area contributed by atoms with Crippen LogP contribution in [-0.4, -0.2) is 30.9 Å². The summed E-state index contributed by atoms with van der Waals surface area (Å²) in [7, 11) is 0. The Hall–Kier alpha value is -1.59. The minimum Gasteiger partial charge on any atom is -0.379 e. The molecule has 2 amide bonds. The molecule has 0 radical (unpaired) electrons. The summed E-state index contributed by atoms with van der Waals surface area (Å²) in [5.41, 5.74) is 1.92. The van der Waals surface area contributed by atoms with Crippen molar-refractivity contribution >= 4 is 6.03 Å². The van der Waals surface area contributed by atoms with Gasteiger partial charge in [-0.15, -0.1) is 0 Å². The van der Waals surface area contributed by atoms with Crippen LogP contribution in [0, 0.1) is 0 Å². The highest BCUT2D eigenvalue weighted by molar-refractivity contribution is 5.74. The molecule has 0 aliphatic carbocycles. The van der Waals surface area contributed by atoms with Crippen LogP contribution >= 0.6 is 0 Å². The van der Waals surface area contributed by atoms with Crippen molar-refractivity contribution in [2.75, 3.05) is 13.2 Å². The number of benzene rings is 1. The number of nitrogens with one attached hydrogen (secondary N) is 2. The fourth-order valence-electron chi connectivity index (χ4n) is 2.39. The van der Waals surface area contributed by atoms with Gasteiger partial charge in [0, 0.05) is 13.2 Å². The third-order valence-corrected chi connectivity index (χ3v) is 3.76. The average molecular weight is 306 g/mol. The van der Waals surface area contributed by atoms with Crippen molar-refractivity contribution in [3.05, 3.63) is 35.4 Å². The monoisotopic (exact) mass is 306 g/mol. The summed E-state index contributed by atoms with van der Waals surface area (Å²) in [5, 5.41) is 5.91. The van der Waals surface area contributed by atoms with Crippen LogP contribution in [0.4, 0.5) is 4.79 Å². The molecular formula is C17H26N2O3. The van der Waals surface area contributed by atoms with Gasteiger partial charge in [0.15, 0.2) is 0 Å². The van der Waals surface area contributed by atoms with Crippen molar-refractivity contribution in [1.29, 1.82) is 0 Å². The average Bonchev–Trinajstić information content (AvgIpc) is 2.90. The number of amides is 2. The molecule has 1 unspecified atom stereocenters. The molecule has 1 saturated heterocycles. The number of rotatable bonds is 6. The Kier molecular flexibility index (Phi) is 5.80. The van der Waals surface area contributed by atoms with E-state index in [9.17, 15) is 4.79 Å². The van der Waals surface area contributed by atoms with Crippen molar-refractivity contribution < 1.29 is 14.3 Å². The molecule has 22 heavy (non-hydrogen) atoms. The molecule has 1 atom stereocenters. The molecule has 1 heterocycles. The van der Waals surface area contributed by atoms with Gasteiger partial charge in [-0.3, -0.25) is 0 Å². The third-order valence-electron chi connectivity index (χ3n) is 3.76. The largest absolute Gasteiger partial charge is 0.379 e. The maximum atomic E-state index is 12.0.